The number of aromatic nitrogens is 1. The van der Waals surface area contributed by atoms with E-state index < -0.39 is 0 Å². The molecule has 2 rings (SSSR count). The normalized spacial score (nSPS) is 12.2. The number of carbonyl (C=O) groups excluding carboxylic acids is 1. The zero-order chi connectivity index (χ0) is 16.1. The number of ether oxygens (including phenoxy) is 1. The third kappa shape index (κ3) is 4.08. The Morgan fingerprint density at radius 1 is 1.45 bits per heavy atom. The van der Waals surface area contributed by atoms with Gasteiger partial charge in [-0.2, -0.15) is 0 Å². The molecule has 1 aromatic carbocycles. The van der Waals surface area contributed by atoms with Crippen LogP contribution in [0.5, 0.6) is 5.75 Å². The largest absolute Gasteiger partial charge is 0.496 e. The zero-order valence-corrected chi connectivity index (χ0v) is 15.2. The summed E-state index contributed by atoms with van der Waals surface area (Å²) in [5.74, 6) is 1.17. The smallest absolute Gasteiger partial charge is 0.207 e. The first-order valence-electron chi connectivity index (χ1n) is 7.03. The Hall–Kier alpha value is -1.40. The highest BCUT2D eigenvalue weighted by molar-refractivity contribution is 9.11. The van der Waals surface area contributed by atoms with Gasteiger partial charge in [-0.1, -0.05) is 19.9 Å². The van der Waals surface area contributed by atoms with Crippen molar-refractivity contribution in [2.24, 2.45) is 5.92 Å². The Morgan fingerprint density at radius 3 is 2.77 bits per heavy atom. The number of rotatable bonds is 7. The van der Waals surface area contributed by atoms with Crippen molar-refractivity contribution in [1.29, 1.82) is 0 Å². The second kappa shape index (κ2) is 7.74. The zero-order valence-electron chi connectivity index (χ0n) is 12.8. The van der Waals surface area contributed by atoms with Crippen LogP contribution in [0.4, 0.5) is 0 Å². The summed E-state index contributed by atoms with van der Waals surface area (Å²) in [7, 11) is 1.66. The number of thiazole rings is 1. The molecule has 0 spiro atoms. The van der Waals surface area contributed by atoms with Gasteiger partial charge in [0, 0.05) is 6.04 Å². The first-order valence-corrected chi connectivity index (χ1v) is 8.64. The molecule has 1 N–H and O–H groups in total. The highest BCUT2D eigenvalue weighted by Gasteiger charge is 2.16. The van der Waals surface area contributed by atoms with E-state index in [1.807, 2.05) is 12.1 Å². The Labute approximate surface area is 143 Å². The first-order chi connectivity index (χ1) is 10.5. The fourth-order valence-corrected chi connectivity index (χ4v) is 3.48. The maximum atomic E-state index is 10.8. The van der Waals surface area contributed by atoms with Gasteiger partial charge < -0.3 is 10.1 Å². The lowest BCUT2D eigenvalue weighted by Gasteiger charge is -2.20. The molecule has 2 aromatic rings. The summed E-state index contributed by atoms with van der Waals surface area (Å²) in [6.07, 6.45) is 3.34. The van der Waals surface area contributed by atoms with Crippen LogP contribution in [-0.2, 0) is 11.2 Å². The van der Waals surface area contributed by atoms with E-state index in [-0.39, 0.29) is 6.04 Å². The van der Waals surface area contributed by atoms with Crippen LogP contribution in [0.15, 0.2) is 28.2 Å². The van der Waals surface area contributed by atoms with Gasteiger partial charge in [0.25, 0.3) is 0 Å². The second-order valence-electron chi connectivity index (χ2n) is 5.34. The molecule has 1 atom stereocenters. The molecule has 4 nitrogen and oxygen atoms in total. The lowest BCUT2D eigenvalue weighted by molar-refractivity contribution is -0.110. The molecule has 22 heavy (non-hydrogen) atoms. The van der Waals surface area contributed by atoms with E-state index in [1.54, 1.807) is 24.6 Å². The van der Waals surface area contributed by atoms with Gasteiger partial charge >= 0.3 is 0 Å². The van der Waals surface area contributed by atoms with Gasteiger partial charge in [0.05, 0.1) is 22.7 Å². The van der Waals surface area contributed by atoms with Gasteiger partial charge in [0.1, 0.15) is 10.8 Å². The number of methoxy groups -OCH3 is 1. The highest BCUT2D eigenvalue weighted by atomic mass is 79.9. The van der Waals surface area contributed by atoms with Gasteiger partial charge in [0.2, 0.25) is 6.41 Å². The lowest BCUT2D eigenvalue weighted by atomic mass is 9.95. The maximum Gasteiger partial charge on any atom is 0.207 e. The molecule has 0 fully saturated rings. The van der Waals surface area contributed by atoms with Gasteiger partial charge in [0.15, 0.2) is 0 Å². The summed E-state index contributed by atoms with van der Waals surface area (Å²) in [5.41, 5.74) is 2.12. The van der Waals surface area contributed by atoms with Crippen molar-refractivity contribution in [2.75, 3.05) is 7.11 Å². The molecule has 0 aliphatic rings. The summed E-state index contributed by atoms with van der Waals surface area (Å²) < 4.78 is 6.43. The Bertz CT molecular complexity index is 643. The SMILES string of the molecule is COc1ccc(CC(NC=O)C(C)C)cc1-c1ncc(Br)s1. The first kappa shape index (κ1) is 17.0. The van der Waals surface area contributed by atoms with Crippen LogP contribution in [0, 0.1) is 5.92 Å². The molecule has 1 unspecified atom stereocenters. The molecule has 0 aliphatic heterocycles. The molecule has 0 saturated carbocycles. The Kier molecular flexibility index (Phi) is 5.97. The third-order valence-electron chi connectivity index (χ3n) is 3.51. The van der Waals surface area contributed by atoms with Crippen molar-refractivity contribution in [1.82, 2.24) is 10.3 Å². The predicted molar refractivity (Wildman–Crippen MR) is 93.3 cm³/mol. The van der Waals surface area contributed by atoms with Crippen LogP contribution in [0.2, 0.25) is 0 Å². The van der Waals surface area contributed by atoms with Crippen LogP contribution in [0.1, 0.15) is 19.4 Å². The average molecular weight is 383 g/mol. The van der Waals surface area contributed by atoms with Crippen LogP contribution in [-0.4, -0.2) is 24.5 Å². The highest BCUT2D eigenvalue weighted by Crippen LogP contribution is 2.35. The van der Waals surface area contributed by atoms with Crippen molar-refractivity contribution in [2.45, 2.75) is 26.3 Å². The Morgan fingerprint density at radius 2 is 2.23 bits per heavy atom. The summed E-state index contributed by atoms with van der Waals surface area (Å²) in [6, 6.07) is 6.19. The molecule has 0 aliphatic carbocycles. The summed E-state index contributed by atoms with van der Waals surface area (Å²) in [6.45, 7) is 4.20. The number of halogens is 1. The summed E-state index contributed by atoms with van der Waals surface area (Å²) in [5, 5.41) is 3.80. The summed E-state index contributed by atoms with van der Waals surface area (Å²) in [4.78, 5) is 15.2. The minimum absolute atomic E-state index is 0.113. The van der Waals surface area contributed by atoms with Gasteiger partial charge in [-0.05, 0) is 46.0 Å². The maximum absolute atomic E-state index is 10.8. The third-order valence-corrected chi connectivity index (χ3v) is 5.02. The summed E-state index contributed by atoms with van der Waals surface area (Å²) >= 11 is 5.01. The van der Waals surface area contributed by atoms with E-state index in [9.17, 15) is 4.79 Å². The van der Waals surface area contributed by atoms with Gasteiger partial charge in [-0.15, -0.1) is 11.3 Å². The molecule has 118 valence electrons. The van der Waals surface area contributed by atoms with Crippen LogP contribution in [0.25, 0.3) is 10.6 Å². The van der Waals surface area contributed by atoms with Crippen molar-refractivity contribution in [3.8, 4) is 16.3 Å². The van der Waals surface area contributed by atoms with E-state index >= 15 is 0 Å². The fraction of sp³-hybridized carbons (Fsp3) is 0.375. The minimum Gasteiger partial charge on any atom is -0.496 e. The van der Waals surface area contributed by atoms with Gasteiger partial charge in [-0.3, -0.25) is 4.79 Å². The molecule has 0 radical (unpaired) electrons. The number of benzene rings is 1. The van der Waals surface area contributed by atoms with Crippen LogP contribution >= 0.6 is 27.3 Å². The molecular weight excluding hydrogens is 364 g/mol. The number of nitrogens with zero attached hydrogens (tertiary/aromatic N) is 1. The number of hydrogen-bond acceptors (Lipinski definition) is 4. The fourth-order valence-electron chi connectivity index (χ4n) is 2.26. The molecule has 0 bridgehead atoms. The van der Waals surface area contributed by atoms with Crippen molar-refractivity contribution in [3.63, 3.8) is 0 Å². The average Bonchev–Trinajstić information content (AvgIpc) is 2.93. The van der Waals surface area contributed by atoms with E-state index in [0.717, 1.165) is 38.5 Å². The number of hydrogen-bond donors (Lipinski definition) is 1. The topological polar surface area (TPSA) is 51.2 Å². The molecule has 1 amide bonds. The second-order valence-corrected chi connectivity index (χ2v) is 7.75. The molecule has 0 saturated heterocycles. The molecular formula is C16H19BrN2O2S. The minimum atomic E-state index is 0.113. The standard InChI is InChI=1S/C16H19BrN2O2S/c1-10(2)13(19-9-20)7-11-4-5-14(21-3)12(6-11)16-18-8-15(17)22-16/h4-6,8-10,13H,7H2,1-3H3,(H,19,20). The van der Waals surface area contributed by atoms with E-state index in [2.05, 4.69) is 46.1 Å². The number of carbonyl (C=O) groups is 1. The van der Waals surface area contributed by atoms with Crippen molar-refractivity contribution >= 4 is 33.7 Å². The molecule has 1 aromatic heterocycles. The van der Waals surface area contributed by atoms with E-state index in [4.69, 9.17) is 4.74 Å². The van der Waals surface area contributed by atoms with Crippen LogP contribution < -0.4 is 10.1 Å². The number of nitrogens with one attached hydrogen (secondary N) is 1. The van der Waals surface area contributed by atoms with Crippen molar-refractivity contribution in [3.05, 3.63) is 33.7 Å². The van der Waals surface area contributed by atoms with E-state index in [0.29, 0.717) is 5.92 Å². The molecule has 1 heterocycles. The number of amides is 1. The monoisotopic (exact) mass is 382 g/mol. The molecule has 6 heteroatoms. The predicted octanol–water partition coefficient (Wildman–Crippen LogP) is 3.89. The Balaban J connectivity index is 2.32. The van der Waals surface area contributed by atoms with Crippen LogP contribution in [0.3, 0.4) is 0 Å². The quantitative estimate of drug-likeness (QED) is 0.738. The lowest BCUT2D eigenvalue weighted by Crippen LogP contribution is -2.34. The van der Waals surface area contributed by atoms with Gasteiger partial charge in [-0.25, -0.2) is 4.98 Å². The van der Waals surface area contributed by atoms with E-state index in [1.165, 1.54) is 0 Å². The van der Waals surface area contributed by atoms with Crippen molar-refractivity contribution < 1.29 is 9.53 Å².